The first kappa shape index (κ1) is 16.3. The molecule has 0 aliphatic rings. The quantitative estimate of drug-likeness (QED) is 0.446. The van der Waals surface area contributed by atoms with Gasteiger partial charge in [-0.25, -0.2) is 0 Å². The van der Waals surface area contributed by atoms with Gasteiger partial charge in [-0.2, -0.15) is 0 Å². The van der Waals surface area contributed by atoms with Crippen LogP contribution in [0.5, 0.6) is 0 Å². The number of hydrogen-bond acceptors (Lipinski definition) is 0. The van der Waals surface area contributed by atoms with E-state index in [-0.39, 0.29) is 0 Å². The van der Waals surface area contributed by atoms with Crippen molar-refractivity contribution in [2.45, 2.75) is 85.0 Å². The minimum absolute atomic E-state index is 1.16. The van der Waals surface area contributed by atoms with Gasteiger partial charge in [-0.05, 0) is 42.4 Å². The number of hydrogen-bond donors (Lipinski definition) is 0. The fraction of sp³-hybridized carbons (Fsp3) is 0.684. The van der Waals surface area contributed by atoms with E-state index >= 15 is 0 Å². The van der Waals surface area contributed by atoms with Gasteiger partial charge in [0.25, 0.3) is 0 Å². The van der Waals surface area contributed by atoms with Gasteiger partial charge in [0, 0.05) is 0 Å². The van der Waals surface area contributed by atoms with E-state index in [1.54, 1.807) is 11.1 Å². The van der Waals surface area contributed by atoms with Crippen molar-refractivity contribution in [3.05, 3.63) is 34.9 Å². The second-order valence-corrected chi connectivity index (χ2v) is 5.68. The summed E-state index contributed by atoms with van der Waals surface area (Å²) < 4.78 is 0. The van der Waals surface area contributed by atoms with Crippen LogP contribution in [0.3, 0.4) is 0 Å². The molecule has 0 aromatic heterocycles. The zero-order valence-electron chi connectivity index (χ0n) is 13.3. The molecule has 0 radical (unpaired) electrons. The van der Waals surface area contributed by atoms with E-state index in [1.165, 1.54) is 63.4 Å². The zero-order chi connectivity index (χ0) is 13.9. The summed E-state index contributed by atoms with van der Waals surface area (Å²) in [5.74, 6) is 0. The van der Waals surface area contributed by atoms with Gasteiger partial charge in [-0.15, -0.1) is 0 Å². The van der Waals surface area contributed by atoms with Crippen LogP contribution in [-0.2, 0) is 19.3 Å². The van der Waals surface area contributed by atoms with E-state index in [0.29, 0.717) is 0 Å². The Balaban J connectivity index is 2.31. The highest BCUT2D eigenvalue weighted by molar-refractivity contribution is 5.32. The molecule has 1 aromatic rings. The third-order valence-corrected chi connectivity index (χ3v) is 4.11. The molecule has 0 saturated carbocycles. The van der Waals surface area contributed by atoms with Crippen LogP contribution in [0.1, 0.15) is 82.4 Å². The van der Waals surface area contributed by atoms with Crippen molar-refractivity contribution in [1.29, 1.82) is 0 Å². The lowest BCUT2D eigenvalue weighted by atomic mass is 9.96. The van der Waals surface area contributed by atoms with Gasteiger partial charge in [-0.1, -0.05) is 77.5 Å². The Morgan fingerprint density at radius 2 is 1.37 bits per heavy atom. The molecule has 0 bridgehead atoms. The lowest BCUT2D eigenvalue weighted by Crippen LogP contribution is -1.95. The highest BCUT2D eigenvalue weighted by Gasteiger charge is 2.02. The first-order chi connectivity index (χ1) is 9.31. The first-order valence-electron chi connectivity index (χ1n) is 8.42. The van der Waals surface area contributed by atoms with Crippen molar-refractivity contribution in [2.24, 2.45) is 0 Å². The summed E-state index contributed by atoms with van der Waals surface area (Å²) >= 11 is 0. The Kier molecular flexibility index (Phi) is 8.62. The van der Waals surface area contributed by atoms with E-state index in [9.17, 15) is 0 Å². The van der Waals surface area contributed by atoms with Gasteiger partial charge in [-0.3, -0.25) is 0 Å². The van der Waals surface area contributed by atoms with Crippen molar-refractivity contribution in [3.63, 3.8) is 0 Å². The van der Waals surface area contributed by atoms with Gasteiger partial charge < -0.3 is 0 Å². The lowest BCUT2D eigenvalue weighted by molar-refractivity contribution is 0.588. The van der Waals surface area contributed by atoms with Crippen LogP contribution in [0.2, 0.25) is 0 Å². The van der Waals surface area contributed by atoms with Crippen LogP contribution in [-0.4, -0.2) is 0 Å². The zero-order valence-corrected chi connectivity index (χ0v) is 13.3. The number of unbranched alkanes of at least 4 members (excludes halogenated alkanes) is 6. The van der Waals surface area contributed by atoms with Crippen molar-refractivity contribution in [3.8, 4) is 0 Å². The van der Waals surface area contributed by atoms with Crippen molar-refractivity contribution < 1.29 is 0 Å². The molecule has 0 aliphatic heterocycles. The normalized spacial score (nSPS) is 10.9. The van der Waals surface area contributed by atoms with Gasteiger partial charge in [0.15, 0.2) is 0 Å². The average molecular weight is 260 g/mol. The summed E-state index contributed by atoms with van der Waals surface area (Å²) in [5, 5.41) is 0. The van der Waals surface area contributed by atoms with Crippen LogP contribution in [0.15, 0.2) is 18.2 Å². The summed E-state index contributed by atoms with van der Waals surface area (Å²) in [5.41, 5.74) is 4.66. The maximum Gasteiger partial charge on any atom is -0.0276 e. The summed E-state index contributed by atoms with van der Waals surface area (Å²) in [7, 11) is 0. The fourth-order valence-electron chi connectivity index (χ4n) is 2.75. The molecule has 108 valence electrons. The third-order valence-electron chi connectivity index (χ3n) is 4.11. The van der Waals surface area contributed by atoms with Crippen LogP contribution >= 0.6 is 0 Å². The molecule has 0 unspecified atom stereocenters. The number of aryl methyl sites for hydroxylation is 3. The Labute approximate surface area is 120 Å². The molecule has 0 heteroatoms. The van der Waals surface area contributed by atoms with Crippen molar-refractivity contribution in [1.82, 2.24) is 0 Å². The first-order valence-corrected chi connectivity index (χ1v) is 8.42. The van der Waals surface area contributed by atoms with E-state index in [2.05, 4.69) is 39.0 Å². The monoisotopic (exact) mass is 260 g/mol. The number of benzene rings is 1. The lowest BCUT2D eigenvalue weighted by Gasteiger charge is -2.10. The molecule has 1 aromatic carbocycles. The van der Waals surface area contributed by atoms with Gasteiger partial charge >= 0.3 is 0 Å². The molecule has 19 heavy (non-hydrogen) atoms. The predicted molar refractivity (Wildman–Crippen MR) is 86.9 cm³/mol. The molecule has 0 atom stereocenters. The summed E-state index contributed by atoms with van der Waals surface area (Å²) in [4.78, 5) is 0. The number of rotatable bonds is 10. The molecule has 0 amide bonds. The van der Waals surface area contributed by atoms with Crippen molar-refractivity contribution >= 4 is 0 Å². The minimum atomic E-state index is 1.16. The van der Waals surface area contributed by atoms with Gasteiger partial charge in [0.1, 0.15) is 0 Å². The summed E-state index contributed by atoms with van der Waals surface area (Å²) in [6.45, 7) is 6.81. The molecular weight excluding hydrogens is 228 g/mol. The topological polar surface area (TPSA) is 0 Å². The molecule has 0 nitrogen and oxygen atoms in total. The Morgan fingerprint density at radius 3 is 2.00 bits per heavy atom. The SMILES string of the molecule is CCCCCCCCCc1cc(CC)ccc1CC. The second kappa shape index (κ2) is 10.1. The minimum Gasteiger partial charge on any atom is -0.0654 e. The van der Waals surface area contributed by atoms with E-state index in [4.69, 9.17) is 0 Å². The maximum absolute atomic E-state index is 2.44. The Hall–Kier alpha value is -0.780. The maximum atomic E-state index is 2.44. The van der Waals surface area contributed by atoms with E-state index in [1.807, 2.05) is 0 Å². The predicted octanol–water partition coefficient (Wildman–Crippen LogP) is 6.10. The van der Waals surface area contributed by atoms with E-state index in [0.717, 1.165) is 6.42 Å². The largest absolute Gasteiger partial charge is 0.0654 e. The molecule has 0 saturated heterocycles. The Bertz CT molecular complexity index is 338. The highest BCUT2D eigenvalue weighted by atomic mass is 14.1. The average Bonchev–Trinajstić information content (AvgIpc) is 2.46. The van der Waals surface area contributed by atoms with Crippen LogP contribution in [0.4, 0.5) is 0 Å². The molecule has 0 heterocycles. The third kappa shape index (κ3) is 6.27. The van der Waals surface area contributed by atoms with Crippen LogP contribution in [0.25, 0.3) is 0 Å². The fourth-order valence-corrected chi connectivity index (χ4v) is 2.75. The standard InChI is InChI=1S/C19H32/c1-4-7-8-9-10-11-12-13-19-16-17(5-2)14-15-18(19)6-3/h14-16H,4-13H2,1-3H3. The van der Waals surface area contributed by atoms with Crippen LogP contribution in [0, 0.1) is 0 Å². The molecule has 0 N–H and O–H groups in total. The van der Waals surface area contributed by atoms with E-state index < -0.39 is 0 Å². The van der Waals surface area contributed by atoms with Gasteiger partial charge in [0.2, 0.25) is 0 Å². The molecule has 1 rings (SSSR count). The van der Waals surface area contributed by atoms with Crippen molar-refractivity contribution in [2.75, 3.05) is 0 Å². The Morgan fingerprint density at radius 1 is 0.684 bits per heavy atom. The smallest absolute Gasteiger partial charge is 0.0276 e. The molecule has 0 spiro atoms. The molecular formula is C19H32. The summed E-state index contributed by atoms with van der Waals surface area (Å²) in [6, 6.07) is 7.08. The second-order valence-electron chi connectivity index (χ2n) is 5.68. The molecule has 0 aliphatic carbocycles. The highest BCUT2D eigenvalue weighted by Crippen LogP contribution is 2.17. The summed E-state index contributed by atoms with van der Waals surface area (Å²) in [6.07, 6.45) is 13.5. The van der Waals surface area contributed by atoms with Gasteiger partial charge in [0.05, 0.1) is 0 Å². The molecule has 0 fully saturated rings. The van der Waals surface area contributed by atoms with Crippen LogP contribution < -0.4 is 0 Å².